The third-order valence-corrected chi connectivity index (χ3v) is 5.12. The van der Waals surface area contributed by atoms with Crippen LogP contribution in [0.2, 0.25) is 0 Å². The molecule has 120 valence electrons. The average Bonchev–Trinajstić information content (AvgIpc) is 3.16. The highest BCUT2D eigenvalue weighted by Gasteiger charge is 2.38. The van der Waals surface area contributed by atoms with Crippen molar-refractivity contribution in [2.24, 2.45) is 0 Å². The topological polar surface area (TPSA) is 59.9 Å². The molecule has 0 radical (unpaired) electrons. The van der Waals surface area contributed by atoms with Gasteiger partial charge < -0.3 is 10.1 Å². The number of ether oxygens (including phenoxy) is 1. The summed E-state index contributed by atoms with van der Waals surface area (Å²) < 4.78 is 5.76. The fourth-order valence-corrected chi connectivity index (χ4v) is 3.41. The van der Waals surface area contributed by atoms with Gasteiger partial charge in [-0.2, -0.15) is 0 Å². The smallest absolute Gasteiger partial charge is 0.180 e. The fraction of sp³-hybridized carbons (Fsp3) is 0.500. The number of hydrogen-bond acceptors (Lipinski definition) is 5. The molecule has 2 aromatic rings. The minimum atomic E-state index is -0.0773. The van der Waals surface area contributed by atoms with Crippen molar-refractivity contribution in [3.05, 3.63) is 35.7 Å². The van der Waals surface area contributed by atoms with Crippen molar-refractivity contribution in [1.29, 1.82) is 0 Å². The van der Waals surface area contributed by atoms with Crippen molar-refractivity contribution in [3.8, 4) is 11.5 Å². The van der Waals surface area contributed by atoms with Gasteiger partial charge in [-0.25, -0.2) is 9.97 Å². The average molecular weight is 310 g/mol. The van der Waals surface area contributed by atoms with Crippen molar-refractivity contribution < 1.29 is 4.74 Å². The van der Waals surface area contributed by atoms with Crippen LogP contribution in [0, 0.1) is 0 Å². The summed E-state index contributed by atoms with van der Waals surface area (Å²) in [5, 5.41) is 3.67. The molecule has 0 spiro atoms. The zero-order valence-corrected chi connectivity index (χ0v) is 13.7. The lowest BCUT2D eigenvalue weighted by Crippen LogP contribution is -2.41. The molecule has 2 aliphatic rings. The number of anilines is 1. The molecule has 1 N–H and O–H groups in total. The van der Waals surface area contributed by atoms with Crippen LogP contribution in [0.3, 0.4) is 0 Å². The van der Waals surface area contributed by atoms with E-state index in [2.05, 4.69) is 24.1 Å². The Balaban J connectivity index is 1.75. The molecule has 2 aromatic heterocycles. The van der Waals surface area contributed by atoms with E-state index in [1.54, 1.807) is 6.20 Å². The van der Waals surface area contributed by atoms with E-state index in [0.717, 1.165) is 43.8 Å². The Morgan fingerprint density at radius 2 is 2.17 bits per heavy atom. The summed E-state index contributed by atoms with van der Waals surface area (Å²) in [5.41, 5.74) is 3.18. The van der Waals surface area contributed by atoms with Crippen molar-refractivity contribution in [1.82, 2.24) is 15.0 Å². The first kappa shape index (κ1) is 14.6. The SMILES string of the molecule is CC1OCCC1(C)Nc1nc(-c2ccccn2)nc2c1CCC2. The molecule has 1 aliphatic heterocycles. The summed E-state index contributed by atoms with van der Waals surface area (Å²) in [6.07, 6.45) is 6.17. The van der Waals surface area contributed by atoms with Gasteiger partial charge in [-0.1, -0.05) is 6.07 Å². The first-order chi connectivity index (χ1) is 11.2. The molecule has 1 aliphatic carbocycles. The number of aryl methyl sites for hydroxylation is 1. The second-order valence-corrected chi connectivity index (χ2v) is 6.70. The number of hydrogen-bond donors (Lipinski definition) is 1. The third-order valence-electron chi connectivity index (χ3n) is 5.12. The standard InChI is InChI=1S/C18H22N4O/c1-12-18(2,9-11-23-12)22-16-13-6-5-8-14(13)20-17(21-16)15-7-3-4-10-19-15/h3-4,7,10,12H,5-6,8-9,11H2,1-2H3,(H,20,21,22). The maximum absolute atomic E-state index is 5.76. The van der Waals surface area contributed by atoms with E-state index in [1.165, 1.54) is 11.3 Å². The van der Waals surface area contributed by atoms with Gasteiger partial charge in [-0.3, -0.25) is 4.98 Å². The van der Waals surface area contributed by atoms with E-state index >= 15 is 0 Å². The summed E-state index contributed by atoms with van der Waals surface area (Å²) in [4.78, 5) is 14.0. The number of pyridine rings is 1. The van der Waals surface area contributed by atoms with Crippen LogP contribution in [-0.2, 0) is 17.6 Å². The highest BCUT2D eigenvalue weighted by Crippen LogP contribution is 2.34. The monoisotopic (exact) mass is 310 g/mol. The number of fused-ring (bicyclic) bond motifs is 1. The van der Waals surface area contributed by atoms with Gasteiger partial charge in [0.25, 0.3) is 0 Å². The zero-order chi connectivity index (χ0) is 15.9. The van der Waals surface area contributed by atoms with Crippen molar-refractivity contribution in [2.75, 3.05) is 11.9 Å². The van der Waals surface area contributed by atoms with Crippen LogP contribution in [0.5, 0.6) is 0 Å². The summed E-state index contributed by atoms with van der Waals surface area (Å²) in [6, 6.07) is 5.85. The van der Waals surface area contributed by atoms with Gasteiger partial charge in [0.05, 0.1) is 11.6 Å². The molecular weight excluding hydrogens is 288 g/mol. The minimum absolute atomic E-state index is 0.0773. The van der Waals surface area contributed by atoms with Gasteiger partial charge in [0, 0.05) is 24.1 Å². The van der Waals surface area contributed by atoms with E-state index in [4.69, 9.17) is 14.7 Å². The van der Waals surface area contributed by atoms with Gasteiger partial charge in [0.1, 0.15) is 11.5 Å². The summed E-state index contributed by atoms with van der Waals surface area (Å²) in [5.74, 6) is 1.68. The van der Waals surface area contributed by atoms with Crippen molar-refractivity contribution in [3.63, 3.8) is 0 Å². The third kappa shape index (κ3) is 2.59. The second-order valence-electron chi connectivity index (χ2n) is 6.70. The van der Waals surface area contributed by atoms with Crippen LogP contribution < -0.4 is 5.32 Å². The Morgan fingerprint density at radius 3 is 2.91 bits per heavy atom. The van der Waals surface area contributed by atoms with Crippen LogP contribution in [0.1, 0.15) is 37.9 Å². The van der Waals surface area contributed by atoms with Crippen molar-refractivity contribution in [2.45, 2.75) is 51.2 Å². The normalized spacial score (nSPS) is 26.3. The number of rotatable bonds is 3. The lowest BCUT2D eigenvalue weighted by atomic mass is 9.94. The minimum Gasteiger partial charge on any atom is -0.376 e. The molecular formula is C18H22N4O. The Hall–Kier alpha value is -2.01. The summed E-state index contributed by atoms with van der Waals surface area (Å²) in [6.45, 7) is 5.14. The highest BCUT2D eigenvalue weighted by molar-refractivity contribution is 5.58. The lowest BCUT2D eigenvalue weighted by molar-refractivity contribution is 0.105. The van der Waals surface area contributed by atoms with Crippen LogP contribution in [-0.4, -0.2) is 33.2 Å². The molecule has 3 heterocycles. The molecule has 0 aromatic carbocycles. The van der Waals surface area contributed by atoms with E-state index in [0.29, 0.717) is 5.82 Å². The summed E-state index contributed by atoms with van der Waals surface area (Å²) in [7, 11) is 0. The molecule has 4 rings (SSSR count). The molecule has 5 nitrogen and oxygen atoms in total. The largest absolute Gasteiger partial charge is 0.376 e. The Kier molecular flexibility index (Phi) is 3.53. The number of nitrogens with zero attached hydrogens (tertiary/aromatic N) is 3. The van der Waals surface area contributed by atoms with Crippen LogP contribution in [0.25, 0.3) is 11.5 Å². The molecule has 1 saturated heterocycles. The van der Waals surface area contributed by atoms with Gasteiger partial charge in [-0.15, -0.1) is 0 Å². The molecule has 0 amide bonds. The molecule has 5 heteroatoms. The van der Waals surface area contributed by atoms with E-state index in [1.807, 2.05) is 18.2 Å². The number of aromatic nitrogens is 3. The summed E-state index contributed by atoms with van der Waals surface area (Å²) >= 11 is 0. The van der Waals surface area contributed by atoms with Gasteiger partial charge in [0.15, 0.2) is 5.82 Å². The van der Waals surface area contributed by atoms with Crippen LogP contribution in [0.4, 0.5) is 5.82 Å². The Labute approximate surface area is 136 Å². The molecule has 0 saturated carbocycles. The maximum Gasteiger partial charge on any atom is 0.180 e. The molecule has 0 bridgehead atoms. The van der Waals surface area contributed by atoms with E-state index in [-0.39, 0.29) is 11.6 Å². The maximum atomic E-state index is 5.76. The molecule has 2 unspecified atom stereocenters. The Bertz CT molecular complexity index is 718. The zero-order valence-electron chi connectivity index (χ0n) is 13.7. The number of nitrogens with one attached hydrogen (secondary N) is 1. The van der Waals surface area contributed by atoms with Crippen molar-refractivity contribution >= 4 is 5.82 Å². The lowest BCUT2D eigenvalue weighted by Gasteiger charge is -2.30. The second kappa shape index (κ2) is 5.57. The van der Waals surface area contributed by atoms with Gasteiger partial charge in [-0.05, 0) is 51.7 Å². The van der Waals surface area contributed by atoms with E-state index in [9.17, 15) is 0 Å². The van der Waals surface area contributed by atoms with Crippen LogP contribution >= 0.6 is 0 Å². The first-order valence-corrected chi connectivity index (χ1v) is 8.37. The highest BCUT2D eigenvalue weighted by atomic mass is 16.5. The predicted molar refractivity (Wildman–Crippen MR) is 89.3 cm³/mol. The molecule has 2 atom stereocenters. The van der Waals surface area contributed by atoms with E-state index < -0.39 is 0 Å². The van der Waals surface area contributed by atoms with Crippen LogP contribution in [0.15, 0.2) is 24.4 Å². The first-order valence-electron chi connectivity index (χ1n) is 8.37. The molecule has 1 fully saturated rings. The van der Waals surface area contributed by atoms with Gasteiger partial charge >= 0.3 is 0 Å². The fourth-order valence-electron chi connectivity index (χ4n) is 3.41. The predicted octanol–water partition coefficient (Wildman–Crippen LogP) is 3.01. The molecule has 23 heavy (non-hydrogen) atoms. The Morgan fingerprint density at radius 1 is 1.26 bits per heavy atom. The van der Waals surface area contributed by atoms with Gasteiger partial charge in [0.2, 0.25) is 0 Å². The quantitative estimate of drug-likeness (QED) is 0.944.